The highest BCUT2D eigenvalue weighted by Crippen LogP contribution is 2.29. The molecule has 1 saturated heterocycles. The Morgan fingerprint density at radius 1 is 1.00 bits per heavy atom. The van der Waals surface area contributed by atoms with Crippen LogP contribution in [-0.4, -0.2) is 47.7 Å². The number of rotatable bonds is 6. The first-order valence-corrected chi connectivity index (χ1v) is 9.94. The predicted molar refractivity (Wildman–Crippen MR) is 109 cm³/mol. The summed E-state index contributed by atoms with van der Waals surface area (Å²) in [4.78, 5) is 26.8. The largest absolute Gasteiger partial charge is 0.478 e. The second kappa shape index (κ2) is 9.51. The number of amides is 1. The number of carboxylic acids is 1. The van der Waals surface area contributed by atoms with Gasteiger partial charge >= 0.3 is 5.97 Å². The van der Waals surface area contributed by atoms with Crippen LogP contribution in [0.2, 0.25) is 0 Å². The summed E-state index contributed by atoms with van der Waals surface area (Å²) in [6.07, 6.45) is 3.91. The fraction of sp³-hybridized carbons (Fsp3) is 0.391. The van der Waals surface area contributed by atoms with Gasteiger partial charge < -0.3 is 14.7 Å². The first-order valence-electron chi connectivity index (χ1n) is 9.94. The highest BCUT2D eigenvalue weighted by molar-refractivity contribution is 6.04. The molecule has 1 N–H and O–H groups in total. The lowest BCUT2D eigenvalue weighted by Crippen LogP contribution is -2.32. The van der Waals surface area contributed by atoms with Crippen LogP contribution in [0.1, 0.15) is 53.3 Å². The Morgan fingerprint density at radius 3 is 2.32 bits per heavy atom. The van der Waals surface area contributed by atoms with Gasteiger partial charge in [-0.15, -0.1) is 0 Å². The van der Waals surface area contributed by atoms with Crippen molar-refractivity contribution in [1.82, 2.24) is 4.90 Å². The second-order valence-corrected chi connectivity index (χ2v) is 7.11. The Balaban J connectivity index is 1.85. The number of hydrogen-bond donors (Lipinski definition) is 1. The van der Waals surface area contributed by atoms with Gasteiger partial charge in [-0.05, 0) is 48.9 Å². The lowest BCUT2D eigenvalue weighted by molar-refractivity contribution is 0.0432. The van der Waals surface area contributed by atoms with Crippen molar-refractivity contribution >= 4 is 11.9 Å². The number of carbonyl (C=O) groups excluding carboxylic acids is 1. The summed E-state index contributed by atoms with van der Waals surface area (Å²) in [5.41, 5.74) is 1.97. The van der Waals surface area contributed by atoms with Crippen molar-refractivity contribution in [3.63, 3.8) is 0 Å². The van der Waals surface area contributed by atoms with Crippen molar-refractivity contribution < 1.29 is 19.4 Å². The molecule has 0 saturated carbocycles. The maximum atomic E-state index is 13.3. The van der Waals surface area contributed by atoms with E-state index in [4.69, 9.17) is 4.74 Å². The molecule has 148 valence electrons. The van der Waals surface area contributed by atoms with E-state index in [0.29, 0.717) is 29.8 Å². The van der Waals surface area contributed by atoms with Gasteiger partial charge in [0.2, 0.25) is 0 Å². The van der Waals surface area contributed by atoms with Gasteiger partial charge in [0.15, 0.2) is 0 Å². The molecule has 1 unspecified atom stereocenters. The number of hydrogen-bond acceptors (Lipinski definition) is 3. The molecule has 1 aliphatic rings. The molecule has 3 rings (SSSR count). The average Bonchev–Trinajstić information content (AvgIpc) is 2.97. The Morgan fingerprint density at radius 2 is 1.64 bits per heavy atom. The van der Waals surface area contributed by atoms with Crippen LogP contribution in [0.5, 0.6) is 0 Å². The van der Waals surface area contributed by atoms with Gasteiger partial charge in [-0.3, -0.25) is 4.79 Å². The first-order chi connectivity index (χ1) is 13.6. The third kappa shape index (κ3) is 4.60. The first kappa shape index (κ1) is 20.1. The maximum absolute atomic E-state index is 13.3. The van der Waals surface area contributed by atoms with Crippen LogP contribution in [0, 0.1) is 0 Å². The number of likely N-dealkylation sites (tertiary alicyclic amines) is 1. The molecule has 1 heterocycles. The third-order valence-electron chi connectivity index (χ3n) is 5.13. The van der Waals surface area contributed by atoms with Crippen LogP contribution in [-0.2, 0) is 4.74 Å². The van der Waals surface area contributed by atoms with Gasteiger partial charge in [-0.2, -0.15) is 0 Å². The standard InChI is InChI=1S/C23H27NO4/c1-2-16-28-17-8-7-14-24(15-13-17)22(25)20-11-5-3-9-18(20)19-10-4-6-12-21(19)23(26)27/h3-6,9-12,17H,2,7-8,13-16H2,1H3,(H,26,27). The Bertz CT molecular complexity index is 833. The lowest BCUT2D eigenvalue weighted by Gasteiger charge is -2.22. The van der Waals surface area contributed by atoms with Crippen molar-refractivity contribution in [3.8, 4) is 11.1 Å². The van der Waals surface area contributed by atoms with Crippen LogP contribution in [0.3, 0.4) is 0 Å². The molecule has 1 amide bonds. The zero-order valence-electron chi connectivity index (χ0n) is 16.3. The number of carboxylic acid groups (broad SMARTS) is 1. The molecule has 1 fully saturated rings. The third-order valence-corrected chi connectivity index (χ3v) is 5.13. The van der Waals surface area contributed by atoms with E-state index in [1.165, 1.54) is 0 Å². The molecule has 1 aliphatic heterocycles. The molecule has 2 aromatic carbocycles. The quantitative estimate of drug-likeness (QED) is 0.801. The number of benzene rings is 2. The summed E-state index contributed by atoms with van der Waals surface area (Å²) < 4.78 is 5.88. The number of nitrogens with zero attached hydrogens (tertiary/aromatic N) is 1. The van der Waals surface area contributed by atoms with E-state index in [9.17, 15) is 14.7 Å². The SMILES string of the molecule is CCCOC1CCCN(C(=O)c2ccccc2-c2ccccc2C(=O)O)CC1. The summed E-state index contributed by atoms with van der Waals surface area (Å²) in [7, 11) is 0. The van der Waals surface area contributed by atoms with Gasteiger partial charge in [0, 0.05) is 25.3 Å². The number of carbonyl (C=O) groups is 2. The minimum atomic E-state index is -0.997. The second-order valence-electron chi connectivity index (χ2n) is 7.11. The fourth-order valence-electron chi connectivity index (χ4n) is 3.70. The van der Waals surface area contributed by atoms with Gasteiger partial charge in [0.1, 0.15) is 0 Å². The summed E-state index contributed by atoms with van der Waals surface area (Å²) in [5, 5.41) is 9.53. The summed E-state index contributed by atoms with van der Waals surface area (Å²) in [6.45, 7) is 4.20. The fourth-order valence-corrected chi connectivity index (χ4v) is 3.70. The van der Waals surface area contributed by atoms with E-state index in [1.807, 2.05) is 23.1 Å². The lowest BCUT2D eigenvalue weighted by atomic mass is 9.94. The van der Waals surface area contributed by atoms with Crippen LogP contribution in [0.15, 0.2) is 48.5 Å². The highest BCUT2D eigenvalue weighted by Gasteiger charge is 2.24. The van der Waals surface area contributed by atoms with Crippen molar-refractivity contribution in [1.29, 1.82) is 0 Å². The van der Waals surface area contributed by atoms with Gasteiger partial charge in [-0.25, -0.2) is 4.79 Å². The summed E-state index contributed by atoms with van der Waals surface area (Å²) in [5.74, 6) is -1.05. The minimum Gasteiger partial charge on any atom is -0.478 e. The number of aromatic carboxylic acids is 1. The molecule has 0 radical (unpaired) electrons. The molecule has 5 heteroatoms. The zero-order valence-corrected chi connectivity index (χ0v) is 16.3. The molecule has 0 bridgehead atoms. The Hall–Kier alpha value is -2.66. The molecule has 0 spiro atoms. The molecule has 28 heavy (non-hydrogen) atoms. The van der Waals surface area contributed by atoms with Gasteiger partial charge in [-0.1, -0.05) is 43.3 Å². The average molecular weight is 381 g/mol. The van der Waals surface area contributed by atoms with Crippen LogP contribution in [0.25, 0.3) is 11.1 Å². The van der Waals surface area contributed by atoms with Crippen molar-refractivity contribution in [2.45, 2.75) is 38.7 Å². The molecule has 2 aromatic rings. The molecular formula is C23H27NO4. The van der Waals surface area contributed by atoms with Crippen molar-refractivity contribution in [2.75, 3.05) is 19.7 Å². The topological polar surface area (TPSA) is 66.8 Å². The van der Waals surface area contributed by atoms with Crippen molar-refractivity contribution in [2.24, 2.45) is 0 Å². The van der Waals surface area contributed by atoms with E-state index in [-0.39, 0.29) is 17.6 Å². The molecule has 0 aliphatic carbocycles. The van der Waals surface area contributed by atoms with E-state index in [0.717, 1.165) is 32.3 Å². The highest BCUT2D eigenvalue weighted by atomic mass is 16.5. The zero-order chi connectivity index (χ0) is 19.9. The van der Waals surface area contributed by atoms with Crippen LogP contribution >= 0.6 is 0 Å². The van der Waals surface area contributed by atoms with Gasteiger partial charge in [0.25, 0.3) is 5.91 Å². The molecule has 1 atom stereocenters. The normalized spacial score (nSPS) is 17.2. The van der Waals surface area contributed by atoms with E-state index >= 15 is 0 Å². The smallest absolute Gasteiger partial charge is 0.336 e. The van der Waals surface area contributed by atoms with E-state index in [2.05, 4.69) is 6.92 Å². The minimum absolute atomic E-state index is 0.0491. The predicted octanol–water partition coefficient (Wildman–Crippen LogP) is 4.47. The maximum Gasteiger partial charge on any atom is 0.336 e. The van der Waals surface area contributed by atoms with Crippen LogP contribution in [0.4, 0.5) is 0 Å². The molecule has 5 nitrogen and oxygen atoms in total. The number of ether oxygens (including phenoxy) is 1. The summed E-state index contributed by atoms with van der Waals surface area (Å²) >= 11 is 0. The summed E-state index contributed by atoms with van der Waals surface area (Å²) in [6, 6.07) is 14.1. The van der Waals surface area contributed by atoms with Gasteiger partial charge in [0.05, 0.1) is 11.7 Å². The van der Waals surface area contributed by atoms with Crippen molar-refractivity contribution in [3.05, 3.63) is 59.7 Å². The van der Waals surface area contributed by atoms with E-state index < -0.39 is 5.97 Å². The molecule has 0 aromatic heterocycles. The van der Waals surface area contributed by atoms with E-state index in [1.54, 1.807) is 30.3 Å². The Kier molecular flexibility index (Phi) is 6.82. The monoisotopic (exact) mass is 381 g/mol. The molecular weight excluding hydrogens is 354 g/mol. The Labute approximate surface area is 165 Å². The van der Waals surface area contributed by atoms with Crippen LogP contribution < -0.4 is 0 Å².